The average Bonchev–Trinajstić information content (AvgIpc) is 2.28. The van der Waals surface area contributed by atoms with Gasteiger partial charge in [-0.05, 0) is 33.2 Å². The SMILES string of the molecule is CC(CNC(C)(C)C)Cn1ccc(=O)c([N+](=O)[O-])c1. The first-order chi connectivity index (χ1) is 8.69. The molecule has 1 atom stereocenters. The van der Waals surface area contributed by atoms with E-state index in [0.29, 0.717) is 12.5 Å². The molecule has 0 aliphatic heterocycles. The molecule has 0 saturated heterocycles. The van der Waals surface area contributed by atoms with Crippen LogP contribution in [0.2, 0.25) is 0 Å². The molecule has 19 heavy (non-hydrogen) atoms. The van der Waals surface area contributed by atoms with Crippen LogP contribution in [0.25, 0.3) is 0 Å². The summed E-state index contributed by atoms with van der Waals surface area (Å²) in [7, 11) is 0. The molecule has 0 aliphatic rings. The Morgan fingerprint density at radius 2 is 2.11 bits per heavy atom. The minimum Gasteiger partial charge on any atom is -0.348 e. The maximum Gasteiger partial charge on any atom is 0.332 e. The lowest BCUT2D eigenvalue weighted by atomic mass is 10.1. The molecule has 6 heteroatoms. The molecule has 0 aliphatic carbocycles. The standard InChI is InChI=1S/C13H21N3O3/c1-10(7-14-13(2,3)4)8-15-6-5-12(17)11(9-15)16(18)19/h5-6,9-10,14H,7-8H2,1-4H3. The van der Waals surface area contributed by atoms with Gasteiger partial charge >= 0.3 is 5.69 Å². The summed E-state index contributed by atoms with van der Waals surface area (Å²) < 4.78 is 1.69. The third-order valence-electron chi connectivity index (χ3n) is 2.66. The van der Waals surface area contributed by atoms with Crippen LogP contribution in [-0.2, 0) is 6.54 Å². The summed E-state index contributed by atoms with van der Waals surface area (Å²) in [6.07, 6.45) is 2.89. The summed E-state index contributed by atoms with van der Waals surface area (Å²) in [6.45, 7) is 9.76. The first-order valence-electron chi connectivity index (χ1n) is 6.28. The summed E-state index contributed by atoms with van der Waals surface area (Å²) in [5.74, 6) is 0.307. The van der Waals surface area contributed by atoms with E-state index in [4.69, 9.17) is 0 Å². The molecule has 1 aromatic rings. The smallest absolute Gasteiger partial charge is 0.332 e. The predicted octanol–water partition coefficient (Wildman–Crippen LogP) is 1.78. The van der Waals surface area contributed by atoms with E-state index in [2.05, 4.69) is 33.0 Å². The van der Waals surface area contributed by atoms with Gasteiger partial charge in [-0.2, -0.15) is 0 Å². The fourth-order valence-electron chi connectivity index (χ4n) is 1.67. The molecule has 6 nitrogen and oxygen atoms in total. The number of nitrogens with one attached hydrogen (secondary N) is 1. The van der Waals surface area contributed by atoms with Crippen LogP contribution in [0.1, 0.15) is 27.7 Å². The molecule has 0 fully saturated rings. The van der Waals surface area contributed by atoms with Crippen molar-refractivity contribution in [3.63, 3.8) is 0 Å². The van der Waals surface area contributed by atoms with Crippen molar-refractivity contribution in [1.82, 2.24) is 9.88 Å². The van der Waals surface area contributed by atoms with Gasteiger partial charge in [-0.1, -0.05) is 6.92 Å². The maximum absolute atomic E-state index is 11.3. The van der Waals surface area contributed by atoms with Crippen molar-refractivity contribution in [2.24, 2.45) is 5.92 Å². The molecular weight excluding hydrogens is 246 g/mol. The lowest BCUT2D eigenvalue weighted by Gasteiger charge is -2.23. The van der Waals surface area contributed by atoms with Crippen LogP contribution < -0.4 is 10.7 Å². The van der Waals surface area contributed by atoms with Crippen molar-refractivity contribution in [3.8, 4) is 0 Å². The van der Waals surface area contributed by atoms with Gasteiger partial charge in [0, 0.05) is 24.3 Å². The Bertz CT molecular complexity index is 503. The summed E-state index contributed by atoms with van der Waals surface area (Å²) in [5, 5.41) is 14.1. The fraction of sp³-hybridized carbons (Fsp3) is 0.615. The highest BCUT2D eigenvalue weighted by Gasteiger charge is 2.14. The summed E-state index contributed by atoms with van der Waals surface area (Å²) >= 11 is 0. The van der Waals surface area contributed by atoms with Crippen LogP contribution in [0.3, 0.4) is 0 Å². The van der Waals surface area contributed by atoms with Gasteiger partial charge in [0.2, 0.25) is 0 Å². The van der Waals surface area contributed by atoms with Gasteiger partial charge in [0.05, 0.1) is 11.1 Å². The Morgan fingerprint density at radius 3 is 2.63 bits per heavy atom. The molecule has 0 bridgehead atoms. The highest BCUT2D eigenvalue weighted by Crippen LogP contribution is 2.07. The number of hydrogen-bond acceptors (Lipinski definition) is 4. The summed E-state index contributed by atoms with van der Waals surface area (Å²) in [5.41, 5.74) is -0.885. The van der Waals surface area contributed by atoms with Crippen molar-refractivity contribution >= 4 is 5.69 Å². The number of nitro groups is 1. The number of pyridine rings is 1. The van der Waals surface area contributed by atoms with E-state index in [1.54, 1.807) is 10.8 Å². The zero-order valence-corrected chi connectivity index (χ0v) is 11.8. The first kappa shape index (κ1) is 15.4. The van der Waals surface area contributed by atoms with Crippen LogP contribution in [0, 0.1) is 16.0 Å². The highest BCUT2D eigenvalue weighted by atomic mass is 16.6. The minimum absolute atomic E-state index is 0.0454. The van der Waals surface area contributed by atoms with Crippen molar-refractivity contribution in [3.05, 3.63) is 38.8 Å². The van der Waals surface area contributed by atoms with Crippen molar-refractivity contribution in [1.29, 1.82) is 0 Å². The van der Waals surface area contributed by atoms with E-state index in [0.717, 1.165) is 6.54 Å². The van der Waals surface area contributed by atoms with E-state index < -0.39 is 10.4 Å². The second-order valence-electron chi connectivity index (χ2n) is 5.88. The van der Waals surface area contributed by atoms with Gasteiger partial charge in [-0.25, -0.2) is 0 Å². The molecule has 0 spiro atoms. The lowest BCUT2D eigenvalue weighted by Crippen LogP contribution is -2.39. The van der Waals surface area contributed by atoms with Crippen molar-refractivity contribution in [2.75, 3.05) is 6.54 Å². The van der Waals surface area contributed by atoms with Gasteiger partial charge in [-0.15, -0.1) is 0 Å². The minimum atomic E-state index is -0.642. The van der Waals surface area contributed by atoms with E-state index in [9.17, 15) is 14.9 Å². The van der Waals surface area contributed by atoms with Crippen LogP contribution in [0.5, 0.6) is 0 Å². The molecule has 0 amide bonds. The Labute approximate surface area is 112 Å². The lowest BCUT2D eigenvalue weighted by molar-refractivity contribution is -0.386. The Balaban J connectivity index is 2.70. The number of aromatic nitrogens is 1. The maximum atomic E-state index is 11.3. The van der Waals surface area contributed by atoms with Crippen LogP contribution in [-0.4, -0.2) is 21.6 Å². The molecule has 1 unspecified atom stereocenters. The second kappa shape index (κ2) is 5.97. The van der Waals surface area contributed by atoms with Crippen LogP contribution in [0.4, 0.5) is 5.69 Å². The molecular formula is C13H21N3O3. The molecule has 1 heterocycles. The van der Waals surface area contributed by atoms with Gasteiger partial charge in [0.15, 0.2) is 0 Å². The Morgan fingerprint density at radius 1 is 1.47 bits per heavy atom. The Kier molecular flexibility index (Phi) is 4.83. The largest absolute Gasteiger partial charge is 0.348 e. The molecule has 1 N–H and O–H groups in total. The predicted molar refractivity (Wildman–Crippen MR) is 74.3 cm³/mol. The van der Waals surface area contributed by atoms with Gasteiger partial charge in [0.25, 0.3) is 5.43 Å². The topological polar surface area (TPSA) is 77.2 Å². The van der Waals surface area contributed by atoms with E-state index in [1.165, 1.54) is 12.3 Å². The number of nitrogens with zero attached hydrogens (tertiary/aromatic N) is 2. The van der Waals surface area contributed by atoms with E-state index in [1.807, 2.05) is 0 Å². The third kappa shape index (κ3) is 5.21. The third-order valence-corrected chi connectivity index (χ3v) is 2.66. The van der Waals surface area contributed by atoms with Crippen LogP contribution in [0.15, 0.2) is 23.3 Å². The zero-order valence-electron chi connectivity index (χ0n) is 11.8. The quantitative estimate of drug-likeness (QED) is 0.651. The average molecular weight is 267 g/mol. The molecule has 1 rings (SSSR count). The van der Waals surface area contributed by atoms with Crippen molar-refractivity contribution in [2.45, 2.75) is 39.8 Å². The summed E-state index contributed by atoms with van der Waals surface area (Å²) in [4.78, 5) is 21.3. The normalized spacial score (nSPS) is 13.3. The van der Waals surface area contributed by atoms with E-state index in [-0.39, 0.29) is 11.2 Å². The van der Waals surface area contributed by atoms with E-state index >= 15 is 0 Å². The molecule has 0 saturated carbocycles. The molecule has 106 valence electrons. The number of rotatable bonds is 5. The van der Waals surface area contributed by atoms with Crippen LogP contribution >= 0.6 is 0 Å². The number of hydrogen-bond donors (Lipinski definition) is 1. The van der Waals surface area contributed by atoms with Gasteiger partial charge < -0.3 is 9.88 Å². The molecule has 1 aromatic heterocycles. The molecule has 0 radical (unpaired) electrons. The van der Waals surface area contributed by atoms with Gasteiger partial charge in [-0.3, -0.25) is 14.9 Å². The monoisotopic (exact) mass is 267 g/mol. The second-order valence-corrected chi connectivity index (χ2v) is 5.88. The fourth-order valence-corrected chi connectivity index (χ4v) is 1.67. The van der Waals surface area contributed by atoms with Crippen molar-refractivity contribution < 1.29 is 4.92 Å². The zero-order chi connectivity index (χ0) is 14.6. The summed E-state index contributed by atoms with van der Waals surface area (Å²) in [6, 6.07) is 1.24. The highest BCUT2D eigenvalue weighted by molar-refractivity contribution is 5.25. The van der Waals surface area contributed by atoms with Gasteiger partial charge in [0.1, 0.15) is 0 Å². The Hall–Kier alpha value is -1.69. The molecule has 0 aromatic carbocycles. The first-order valence-corrected chi connectivity index (χ1v) is 6.28.